The van der Waals surface area contributed by atoms with Crippen LogP contribution in [0.25, 0.3) is 66.1 Å². The smallest absolute Gasteiger partial charge is 0.308 e. The summed E-state index contributed by atoms with van der Waals surface area (Å²) in [6, 6.07) is 33.6. The molecule has 0 aliphatic heterocycles. The third-order valence-corrected chi connectivity index (χ3v) is 9.26. The molecule has 2 heterocycles. The van der Waals surface area contributed by atoms with Crippen molar-refractivity contribution in [3.05, 3.63) is 143 Å². The lowest BCUT2D eigenvalue weighted by Gasteiger charge is -2.19. The SMILES string of the molecule is Cc1cc(-c2cc(-n3c4ccccc4c4cc(C)ccc43)c(C#N)c(-n3c4ccccc4c4cc(C(F)(F)F)ccc43)c2)cc(C(F)(F)F)c1. The molecule has 50 heavy (non-hydrogen) atoms. The van der Waals surface area contributed by atoms with Gasteiger partial charge in [0.05, 0.1) is 44.6 Å². The fourth-order valence-corrected chi connectivity index (χ4v) is 7.11. The molecular formula is C41H25F6N3. The molecule has 2 aromatic heterocycles. The number of fused-ring (bicyclic) bond motifs is 6. The summed E-state index contributed by atoms with van der Waals surface area (Å²) in [6.07, 6.45) is -9.19. The third kappa shape index (κ3) is 4.90. The normalized spacial score (nSPS) is 12.4. The number of halogens is 6. The van der Waals surface area contributed by atoms with Gasteiger partial charge in [-0.25, -0.2) is 0 Å². The summed E-state index contributed by atoms with van der Waals surface area (Å²) in [7, 11) is 0. The number of nitrogens with zero attached hydrogens (tertiary/aromatic N) is 3. The molecule has 0 saturated carbocycles. The molecule has 8 aromatic rings. The Morgan fingerprint density at radius 2 is 0.980 bits per heavy atom. The molecule has 0 bridgehead atoms. The number of hydrogen-bond donors (Lipinski definition) is 0. The van der Waals surface area contributed by atoms with Gasteiger partial charge in [-0.3, -0.25) is 0 Å². The zero-order chi connectivity index (χ0) is 35.1. The van der Waals surface area contributed by atoms with Crippen LogP contribution in [0.4, 0.5) is 26.3 Å². The Morgan fingerprint density at radius 1 is 0.480 bits per heavy atom. The van der Waals surface area contributed by atoms with E-state index in [-0.39, 0.29) is 11.1 Å². The minimum Gasteiger partial charge on any atom is -0.308 e. The Hall–Kier alpha value is -6.01. The zero-order valence-corrected chi connectivity index (χ0v) is 26.6. The number of benzene rings is 6. The first-order chi connectivity index (χ1) is 23.8. The Balaban J connectivity index is 1.55. The molecule has 0 spiro atoms. The number of aryl methyl sites for hydroxylation is 2. The second kappa shape index (κ2) is 11.0. The van der Waals surface area contributed by atoms with Crippen LogP contribution in [0.15, 0.2) is 115 Å². The van der Waals surface area contributed by atoms with Gasteiger partial charge in [-0.15, -0.1) is 0 Å². The van der Waals surface area contributed by atoms with Gasteiger partial charge >= 0.3 is 12.4 Å². The highest BCUT2D eigenvalue weighted by Gasteiger charge is 2.33. The van der Waals surface area contributed by atoms with Gasteiger partial charge in [0.2, 0.25) is 0 Å². The molecule has 0 amide bonds. The summed E-state index contributed by atoms with van der Waals surface area (Å²) in [4.78, 5) is 0. The highest BCUT2D eigenvalue weighted by Crippen LogP contribution is 2.42. The summed E-state index contributed by atoms with van der Waals surface area (Å²) in [6.45, 7) is 3.57. The number of para-hydroxylation sites is 2. The minimum atomic E-state index is -4.60. The topological polar surface area (TPSA) is 33.6 Å². The van der Waals surface area contributed by atoms with Gasteiger partial charge in [0, 0.05) is 21.5 Å². The van der Waals surface area contributed by atoms with Crippen molar-refractivity contribution in [2.75, 3.05) is 0 Å². The molecule has 0 saturated heterocycles. The third-order valence-electron chi connectivity index (χ3n) is 9.26. The maximum absolute atomic E-state index is 14.1. The van der Waals surface area contributed by atoms with Crippen LogP contribution in [0.2, 0.25) is 0 Å². The van der Waals surface area contributed by atoms with Crippen molar-refractivity contribution in [3.8, 4) is 28.6 Å². The highest BCUT2D eigenvalue weighted by atomic mass is 19.4. The fraction of sp³-hybridized carbons (Fsp3) is 0.0976. The van der Waals surface area contributed by atoms with Gasteiger partial charge in [-0.2, -0.15) is 31.6 Å². The number of aromatic nitrogens is 2. The predicted molar refractivity (Wildman–Crippen MR) is 185 cm³/mol. The Bertz CT molecular complexity index is 2720. The van der Waals surface area contributed by atoms with Gasteiger partial charge in [0.15, 0.2) is 0 Å². The summed E-state index contributed by atoms with van der Waals surface area (Å²) in [5, 5.41) is 13.7. The minimum absolute atomic E-state index is 0.197. The van der Waals surface area contributed by atoms with Crippen LogP contribution in [0.1, 0.15) is 27.8 Å². The fourth-order valence-electron chi connectivity index (χ4n) is 7.11. The summed E-state index contributed by atoms with van der Waals surface area (Å²) in [5.41, 5.74) is 3.93. The van der Waals surface area contributed by atoms with Crippen molar-refractivity contribution >= 4 is 43.6 Å². The quantitative estimate of drug-likeness (QED) is 0.172. The molecule has 0 N–H and O–H groups in total. The second-order valence-corrected chi connectivity index (χ2v) is 12.5. The number of rotatable bonds is 3. The van der Waals surface area contributed by atoms with Crippen LogP contribution >= 0.6 is 0 Å². The Labute approximate surface area is 281 Å². The van der Waals surface area contributed by atoms with Gasteiger partial charge < -0.3 is 9.13 Å². The van der Waals surface area contributed by atoms with Crippen molar-refractivity contribution in [2.24, 2.45) is 0 Å². The van der Waals surface area contributed by atoms with Crippen LogP contribution in [0.5, 0.6) is 0 Å². The van der Waals surface area contributed by atoms with Crippen molar-refractivity contribution in [3.63, 3.8) is 0 Å². The maximum Gasteiger partial charge on any atom is 0.416 e. The summed E-state index contributed by atoms with van der Waals surface area (Å²) >= 11 is 0. The van der Waals surface area contributed by atoms with E-state index in [9.17, 15) is 31.6 Å². The maximum atomic E-state index is 14.1. The number of alkyl halides is 6. The molecule has 0 aliphatic rings. The van der Waals surface area contributed by atoms with Crippen LogP contribution in [-0.4, -0.2) is 9.13 Å². The van der Waals surface area contributed by atoms with Crippen molar-refractivity contribution in [1.29, 1.82) is 5.26 Å². The van der Waals surface area contributed by atoms with E-state index in [0.717, 1.165) is 51.6 Å². The number of nitriles is 1. The molecule has 9 heteroatoms. The van der Waals surface area contributed by atoms with Crippen molar-refractivity contribution in [2.45, 2.75) is 26.2 Å². The lowest BCUT2D eigenvalue weighted by Crippen LogP contribution is -2.07. The van der Waals surface area contributed by atoms with Gasteiger partial charge in [-0.05, 0) is 97.3 Å². The molecule has 3 nitrogen and oxygen atoms in total. The lowest BCUT2D eigenvalue weighted by molar-refractivity contribution is -0.138. The molecule has 0 unspecified atom stereocenters. The van der Waals surface area contributed by atoms with E-state index in [2.05, 4.69) is 6.07 Å². The average molecular weight is 674 g/mol. The molecule has 0 radical (unpaired) electrons. The van der Waals surface area contributed by atoms with E-state index in [1.807, 2.05) is 54.0 Å². The van der Waals surface area contributed by atoms with Gasteiger partial charge in [0.25, 0.3) is 0 Å². The molecule has 6 aromatic carbocycles. The standard InChI is InChI=1S/C41H25F6N3/c1-23-11-13-36-31(17-23)29-7-3-5-9-34(29)49(36)38-19-26(25-15-24(2)16-28(18-25)41(45,46)47)20-39(33(38)22-48)50-35-10-6-4-8-30(35)32-21-27(40(42,43)44)12-14-37(32)50/h3-21H,1-2H3. The van der Waals surface area contributed by atoms with Crippen molar-refractivity contribution in [1.82, 2.24) is 9.13 Å². The molecular weight excluding hydrogens is 648 g/mol. The predicted octanol–water partition coefficient (Wildman–Crippen LogP) is 12.1. The zero-order valence-electron chi connectivity index (χ0n) is 26.6. The first-order valence-electron chi connectivity index (χ1n) is 15.7. The molecule has 0 fully saturated rings. The molecule has 0 atom stereocenters. The molecule has 0 aliphatic carbocycles. The van der Waals surface area contributed by atoms with Crippen LogP contribution < -0.4 is 0 Å². The first-order valence-corrected chi connectivity index (χ1v) is 15.7. The van der Waals surface area contributed by atoms with Gasteiger partial charge in [-0.1, -0.05) is 54.1 Å². The van der Waals surface area contributed by atoms with E-state index in [0.29, 0.717) is 44.3 Å². The molecule has 8 rings (SSSR count). The Morgan fingerprint density at radius 3 is 1.54 bits per heavy atom. The van der Waals surface area contributed by atoms with Gasteiger partial charge in [0.1, 0.15) is 11.6 Å². The Kier molecular flexibility index (Phi) is 6.88. The first kappa shape index (κ1) is 31.3. The van der Waals surface area contributed by atoms with Crippen LogP contribution in [-0.2, 0) is 12.4 Å². The highest BCUT2D eigenvalue weighted by molar-refractivity contribution is 6.11. The van der Waals surface area contributed by atoms with Crippen molar-refractivity contribution < 1.29 is 26.3 Å². The van der Waals surface area contributed by atoms with E-state index in [4.69, 9.17) is 0 Å². The van der Waals surface area contributed by atoms with E-state index in [1.165, 1.54) is 6.07 Å². The van der Waals surface area contributed by atoms with Crippen LogP contribution in [0.3, 0.4) is 0 Å². The largest absolute Gasteiger partial charge is 0.416 e. The lowest BCUT2D eigenvalue weighted by atomic mass is 9.96. The summed E-state index contributed by atoms with van der Waals surface area (Å²) < 4.78 is 87.7. The monoisotopic (exact) mass is 673 g/mol. The van der Waals surface area contributed by atoms with E-state index < -0.39 is 23.5 Å². The van der Waals surface area contributed by atoms with E-state index >= 15 is 0 Å². The summed E-state index contributed by atoms with van der Waals surface area (Å²) in [5.74, 6) is 0. The van der Waals surface area contributed by atoms with Crippen LogP contribution in [0, 0.1) is 25.2 Å². The number of hydrogen-bond acceptors (Lipinski definition) is 1. The average Bonchev–Trinajstić information content (AvgIpc) is 3.58. The molecule has 246 valence electrons. The van der Waals surface area contributed by atoms with E-state index in [1.54, 1.807) is 54.0 Å². The second-order valence-electron chi connectivity index (χ2n) is 12.5.